The molecule has 1 atom stereocenters. The number of carbonyl (C=O) groups excluding carboxylic acids is 2. The molecule has 3 aromatic heterocycles. The van der Waals surface area contributed by atoms with E-state index in [1.54, 1.807) is 17.1 Å². The van der Waals surface area contributed by atoms with Crippen molar-refractivity contribution >= 4 is 28.5 Å². The lowest BCUT2D eigenvalue weighted by atomic mass is 10.1. The summed E-state index contributed by atoms with van der Waals surface area (Å²) in [4.78, 5) is 33.2. The van der Waals surface area contributed by atoms with Crippen molar-refractivity contribution in [3.63, 3.8) is 0 Å². The molecule has 0 fully saturated rings. The molecule has 2 N–H and O–H groups in total. The van der Waals surface area contributed by atoms with Gasteiger partial charge in [-0.15, -0.1) is 0 Å². The molecule has 0 aliphatic heterocycles. The number of rotatable bonds is 7. The molecule has 0 bridgehead atoms. The van der Waals surface area contributed by atoms with Crippen molar-refractivity contribution in [3.05, 3.63) is 78.3 Å². The summed E-state index contributed by atoms with van der Waals surface area (Å²) < 4.78 is 47.3. The number of halogens is 3. The zero-order chi connectivity index (χ0) is 24.3. The van der Waals surface area contributed by atoms with Crippen LogP contribution in [-0.4, -0.2) is 32.5 Å². The molecule has 2 amide bonds. The minimum atomic E-state index is -4.77. The van der Waals surface area contributed by atoms with Crippen LogP contribution >= 0.6 is 0 Å². The number of amides is 2. The molecule has 4 rings (SSSR count). The number of alkyl halides is 3. The molecular formula is C23H20F3N5O3. The maximum atomic E-state index is 13.5. The minimum Gasteiger partial charge on any atom is -0.467 e. The maximum absolute atomic E-state index is 13.5. The molecule has 8 nitrogen and oxygen atoms in total. The number of fused-ring (bicyclic) bond motifs is 1. The Labute approximate surface area is 191 Å². The van der Waals surface area contributed by atoms with E-state index in [1.165, 1.54) is 25.1 Å². The second-order valence-corrected chi connectivity index (χ2v) is 7.55. The standard InChI is InChI=1S/C23H20F3N5O3/c1-14(32)29-18-12-15(22(33)30-21(23(24,25)26)19-6-4-10-34-19)11-17-20(18)31(13-28-17)9-7-16-5-2-3-8-27-16/h2-6,8,10-13,21H,7,9H2,1H3,(H,29,32)(H,30,33). The Morgan fingerprint density at radius 3 is 2.62 bits per heavy atom. The van der Waals surface area contributed by atoms with Gasteiger partial charge in [0, 0.05) is 37.3 Å². The van der Waals surface area contributed by atoms with Crippen molar-refractivity contribution in [1.29, 1.82) is 0 Å². The first-order valence-corrected chi connectivity index (χ1v) is 10.3. The van der Waals surface area contributed by atoms with Gasteiger partial charge in [0.25, 0.3) is 5.91 Å². The number of furan rings is 1. The Morgan fingerprint density at radius 1 is 1.15 bits per heavy atom. The molecule has 0 aliphatic rings. The molecule has 0 spiro atoms. The largest absolute Gasteiger partial charge is 0.467 e. The molecule has 3 heterocycles. The number of nitrogens with one attached hydrogen (secondary N) is 2. The molecule has 1 aromatic carbocycles. The van der Waals surface area contributed by atoms with E-state index < -0.39 is 29.8 Å². The summed E-state index contributed by atoms with van der Waals surface area (Å²) in [6.07, 6.45) is 0.141. The number of imidazole rings is 1. The summed E-state index contributed by atoms with van der Waals surface area (Å²) in [5.74, 6) is -1.84. The van der Waals surface area contributed by atoms with Gasteiger partial charge in [0.15, 0.2) is 6.04 Å². The first-order valence-electron chi connectivity index (χ1n) is 10.3. The van der Waals surface area contributed by atoms with E-state index in [9.17, 15) is 22.8 Å². The van der Waals surface area contributed by atoms with Crippen LogP contribution in [0.1, 0.15) is 34.8 Å². The Kier molecular flexibility index (Phi) is 6.35. The van der Waals surface area contributed by atoms with Crippen LogP contribution in [0.4, 0.5) is 18.9 Å². The van der Waals surface area contributed by atoms with Gasteiger partial charge in [-0.25, -0.2) is 4.98 Å². The highest BCUT2D eigenvalue weighted by Crippen LogP contribution is 2.33. The number of aryl methyl sites for hydroxylation is 2. The van der Waals surface area contributed by atoms with Gasteiger partial charge in [-0.1, -0.05) is 6.07 Å². The first kappa shape index (κ1) is 23.0. The summed E-state index contributed by atoms with van der Waals surface area (Å²) in [5.41, 5.74) is 1.92. The number of hydrogen-bond acceptors (Lipinski definition) is 5. The summed E-state index contributed by atoms with van der Waals surface area (Å²) in [7, 11) is 0. The fourth-order valence-electron chi connectivity index (χ4n) is 3.56. The van der Waals surface area contributed by atoms with Crippen molar-refractivity contribution in [1.82, 2.24) is 19.9 Å². The number of pyridine rings is 1. The van der Waals surface area contributed by atoms with Crippen molar-refractivity contribution in [2.75, 3.05) is 5.32 Å². The number of hydrogen-bond donors (Lipinski definition) is 2. The molecule has 11 heteroatoms. The topological polar surface area (TPSA) is 102 Å². The molecule has 0 saturated carbocycles. The number of aromatic nitrogens is 3. The lowest BCUT2D eigenvalue weighted by Crippen LogP contribution is -2.38. The van der Waals surface area contributed by atoms with Gasteiger partial charge in [-0.2, -0.15) is 13.2 Å². The number of benzene rings is 1. The maximum Gasteiger partial charge on any atom is 0.415 e. The Morgan fingerprint density at radius 2 is 1.97 bits per heavy atom. The fraction of sp³-hybridized carbons (Fsp3) is 0.217. The average Bonchev–Trinajstić information content (AvgIpc) is 3.45. The number of nitrogens with zero attached hydrogens (tertiary/aromatic N) is 3. The van der Waals surface area contributed by atoms with Crippen LogP contribution in [0, 0.1) is 0 Å². The average molecular weight is 471 g/mol. The smallest absolute Gasteiger partial charge is 0.415 e. The highest BCUT2D eigenvalue weighted by atomic mass is 19.4. The van der Waals surface area contributed by atoms with Gasteiger partial charge in [0.05, 0.1) is 29.3 Å². The van der Waals surface area contributed by atoms with E-state index in [4.69, 9.17) is 4.42 Å². The predicted octanol–water partition coefficient (Wildman–Crippen LogP) is 4.26. The summed E-state index contributed by atoms with van der Waals surface area (Å²) in [6.45, 7) is 1.78. The summed E-state index contributed by atoms with van der Waals surface area (Å²) in [5, 5.41) is 4.60. The van der Waals surface area contributed by atoms with E-state index in [2.05, 4.69) is 15.3 Å². The summed E-state index contributed by atoms with van der Waals surface area (Å²) in [6, 6.07) is 8.38. The molecule has 0 radical (unpaired) electrons. The molecule has 0 saturated heterocycles. The van der Waals surface area contributed by atoms with Gasteiger partial charge >= 0.3 is 6.18 Å². The minimum absolute atomic E-state index is 0.0907. The third kappa shape index (κ3) is 5.08. The van der Waals surface area contributed by atoms with E-state index in [0.29, 0.717) is 24.0 Å². The van der Waals surface area contributed by atoms with Gasteiger partial charge < -0.3 is 19.6 Å². The SMILES string of the molecule is CC(=O)Nc1cc(C(=O)NC(c2ccco2)C(F)(F)F)cc2ncn(CCc3ccccn3)c12. The van der Waals surface area contributed by atoms with Crippen molar-refractivity contribution < 1.29 is 27.2 Å². The van der Waals surface area contributed by atoms with Crippen LogP contribution in [0.2, 0.25) is 0 Å². The third-order valence-electron chi connectivity index (χ3n) is 5.05. The summed E-state index contributed by atoms with van der Waals surface area (Å²) >= 11 is 0. The van der Waals surface area contributed by atoms with E-state index in [0.717, 1.165) is 18.0 Å². The van der Waals surface area contributed by atoms with Crippen molar-refractivity contribution in [2.45, 2.75) is 32.1 Å². The third-order valence-corrected chi connectivity index (χ3v) is 5.05. The lowest BCUT2D eigenvalue weighted by molar-refractivity contribution is -0.159. The quantitative estimate of drug-likeness (QED) is 0.419. The second-order valence-electron chi connectivity index (χ2n) is 7.55. The van der Waals surface area contributed by atoms with Crippen LogP contribution in [0.3, 0.4) is 0 Å². The number of carbonyl (C=O) groups is 2. The molecule has 1 unspecified atom stereocenters. The molecular weight excluding hydrogens is 451 g/mol. The van der Waals surface area contributed by atoms with Gasteiger partial charge in [0.2, 0.25) is 5.91 Å². The van der Waals surface area contributed by atoms with Gasteiger partial charge in [-0.3, -0.25) is 14.6 Å². The molecule has 34 heavy (non-hydrogen) atoms. The van der Waals surface area contributed by atoms with Crippen molar-refractivity contribution in [2.24, 2.45) is 0 Å². The van der Waals surface area contributed by atoms with Crippen LogP contribution in [0.15, 0.2) is 65.7 Å². The van der Waals surface area contributed by atoms with Gasteiger partial charge in [-0.05, 0) is 36.4 Å². The van der Waals surface area contributed by atoms with Gasteiger partial charge in [0.1, 0.15) is 5.76 Å². The van der Waals surface area contributed by atoms with E-state index in [1.807, 2.05) is 23.5 Å². The first-order chi connectivity index (χ1) is 16.2. The molecule has 0 aliphatic carbocycles. The fourth-order valence-corrected chi connectivity index (χ4v) is 3.56. The van der Waals surface area contributed by atoms with Crippen molar-refractivity contribution in [3.8, 4) is 0 Å². The van der Waals surface area contributed by atoms with Crippen LogP contribution < -0.4 is 10.6 Å². The highest BCUT2D eigenvalue weighted by Gasteiger charge is 2.44. The van der Waals surface area contributed by atoms with Crippen LogP contribution in [0.5, 0.6) is 0 Å². The monoisotopic (exact) mass is 471 g/mol. The normalized spacial score (nSPS) is 12.5. The van der Waals surface area contributed by atoms with Crippen LogP contribution in [-0.2, 0) is 17.8 Å². The Hall–Kier alpha value is -4.15. The van der Waals surface area contributed by atoms with E-state index >= 15 is 0 Å². The Bertz CT molecular complexity index is 1300. The second kappa shape index (κ2) is 9.38. The van der Waals surface area contributed by atoms with Crippen LogP contribution in [0.25, 0.3) is 11.0 Å². The molecule has 176 valence electrons. The lowest BCUT2D eigenvalue weighted by Gasteiger charge is -2.20. The Balaban J connectivity index is 1.66. The zero-order valence-corrected chi connectivity index (χ0v) is 18.0. The highest BCUT2D eigenvalue weighted by molar-refractivity contribution is 6.05. The predicted molar refractivity (Wildman–Crippen MR) is 117 cm³/mol. The van der Waals surface area contributed by atoms with E-state index in [-0.39, 0.29) is 11.3 Å². The molecule has 4 aromatic rings. The zero-order valence-electron chi connectivity index (χ0n) is 18.0. The number of anilines is 1.